The second kappa shape index (κ2) is 6.64. The topological polar surface area (TPSA) is 86.7 Å². The quantitative estimate of drug-likeness (QED) is 0.773. The molecule has 1 fully saturated rings. The summed E-state index contributed by atoms with van der Waals surface area (Å²) in [5.74, 6) is -2.45. The Kier molecular flexibility index (Phi) is 4.54. The standard InChI is InChI=1S/C17H15FN2O4S/c18-12-5-3-11(4-6-12)17(10-14(21)22)15(23)19-16(24)20(17)8-7-13-2-1-9-25-13/h1-6,9H,7-8,10H2,(H,21,22)(H,19,23,24). The summed E-state index contributed by atoms with van der Waals surface area (Å²) >= 11 is 1.51. The van der Waals surface area contributed by atoms with Crippen LogP contribution in [0.2, 0.25) is 0 Å². The molecule has 1 aromatic carbocycles. The molecule has 2 heterocycles. The summed E-state index contributed by atoms with van der Waals surface area (Å²) in [5.41, 5.74) is -1.42. The highest BCUT2D eigenvalue weighted by Crippen LogP contribution is 2.37. The molecule has 25 heavy (non-hydrogen) atoms. The lowest BCUT2D eigenvalue weighted by molar-refractivity contribution is -0.144. The minimum Gasteiger partial charge on any atom is -0.481 e. The van der Waals surface area contributed by atoms with Crippen molar-refractivity contribution in [1.82, 2.24) is 10.2 Å². The first-order valence-corrected chi connectivity index (χ1v) is 8.45. The number of carboxylic acid groups (broad SMARTS) is 1. The van der Waals surface area contributed by atoms with Crippen LogP contribution in [0, 0.1) is 5.82 Å². The summed E-state index contributed by atoms with van der Waals surface area (Å²) in [6.07, 6.45) is -0.110. The molecular weight excluding hydrogens is 347 g/mol. The van der Waals surface area contributed by atoms with Crippen molar-refractivity contribution < 1.29 is 23.9 Å². The summed E-state index contributed by atoms with van der Waals surface area (Å²) < 4.78 is 13.3. The Morgan fingerprint density at radius 1 is 1.24 bits per heavy atom. The number of halogens is 1. The van der Waals surface area contributed by atoms with Gasteiger partial charge in [-0.05, 0) is 35.6 Å². The summed E-state index contributed by atoms with van der Waals surface area (Å²) in [6.45, 7) is 0.169. The molecule has 0 spiro atoms. The zero-order valence-corrected chi connectivity index (χ0v) is 13.9. The number of carbonyl (C=O) groups excluding carboxylic acids is 2. The molecule has 1 aromatic heterocycles. The number of carbonyl (C=O) groups is 3. The molecule has 0 saturated carbocycles. The SMILES string of the molecule is O=C(O)CC1(c2ccc(F)cc2)C(=O)NC(=O)N1CCc1cccs1. The maximum atomic E-state index is 13.3. The predicted octanol–water partition coefficient (Wildman–Crippen LogP) is 2.35. The van der Waals surface area contributed by atoms with E-state index in [4.69, 9.17) is 0 Å². The van der Waals surface area contributed by atoms with Crippen LogP contribution in [-0.4, -0.2) is 34.5 Å². The van der Waals surface area contributed by atoms with Crippen molar-refractivity contribution in [2.24, 2.45) is 0 Å². The highest BCUT2D eigenvalue weighted by molar-refractivity contribution is 7.09. The van der Waals surface area contributed by atoms with E-state index in [1.165, 1.54) is 28.4 Å². The first-order valence-electron chi connectivity index (χ1n) is 7.57. The molecule has 2 N–H and O–H groups in total. The zero-order chi connectivity index (χ0) is 18.0. The van der Waals surface area contributed by atoms with Crippen LogP contribution in [0.3, 0.4) is 0 Å². The van der Waals surface area contributed by atoms with Crippen molar-refractivity contribution in [3.05, 3.63) is 58.0 Å². The molecule has 1 saturated heterocycles. The highest BCUT2D eigenvalue weighted by Gasteiger charge is 2.55. The Morgan fingerprint density at radius 2 is 1.96 bits per heavy atom. The normalized spacial score (nSPS) is 20.0. The van der Waals surface area contributed by atoms with Crippen LogP contribution in [-0.2, 0) is 21.5 Å². The van der Waals surface area contributed by atoms with Crippen molar-refractivity contribution >= 4 is 29.2 Å². The Labute approximate surface area is 146 Å². The number of benzene rings is 1. The van der Waals surface area contributed by atoms with E-state index in [2.05, 4.69) is 5.32 Å². The van der Waals surface area contributed by atoms with Gasteiger partial charge in [-0.25, -0.2) is 9.18 Å². The van der Waals surface area contributed by atoms with Gasteiger partial charge in [-0.2, -0.15) is 0 Å². The summed E-state index contributed by atoms with van der Waals surface area (Å²) in [6, 6.07) is 8.10. The van der Waals surface area contributed by atoms with Gasteiger partial charge in [-0.15, -0.1) is 11.3 Å². The molecule has 8 heteroatoms. The van der Waals surface area contributed by atoms with Gasteiger partial charge >= 0.3 is 12.0 Å². The van der Waals surface area contributed by atoms with E-state index in [-0.39, 0.29) is 12.1 Å². The minimum atomic E-state index is -1.69. The lowest BCUT2D eigenvalue weighted by atomic mass is 9.85. The highest BCUT2D eigenvalue weighted by atomic mass is 32.1. The number of nitrogens with one attached hydrogen (secondary N) is 1. The van der Waals surface area contributed by atoms with E-state index < -0.39 is 35.7 Å². The number of amides is 3. The van der Waals surface area contributed by atoms with E-state index in [1.807, 2.05) is 17.5 Å². The van der Waals surface area contributed by atoms with Crippen LogP contribution in [0.4, 0.5) is 9.18 Å². The fourth-order valence-electron chi connectivity index (χ4n) is 3.04. The predicted molar refractivity (Wildman–Crippen MR) is 88.6 cm³/mol. The number of carboxylic acids is 1. The molecule has 0 aliphatic carbocycles. The monoisotopic (exact) mass is 362 g/mol. The molecule has 1 aliphatic heterocycles. The lowest BCUT2D eigenvalue weighted by Gasteiger charge is -2.34. The summed E-state index contributed by atoms with van der Waals surface area (Å²) in [5, 5.41) is 13.4. The third kappa shape index (κ3) is 3.12. The molecule has 1 atom stereocenters. The van der Waals surface area contributed by atoms with Crippen molar-refractivity contribution in [1.29, 1.82) is 0 Å². The summed E-state index contributed by atoms with van der Waals surface area (Å²) in [4.78, 5) is 38.6. The molecule has 3 amide bonds. The van der Waals surface area contributed by atoms with E-state index >= 15 is 0 Å². The van der Waals surface area contributed by atoms with E-state index in [0.717, 1.165) is 17.0 Å². The Morgan fingerprint density at radius 3 is 2.56 bits per heavy atom. The average Bonchev–Trinajstić information content (AvgIpc) is 3.14. The van der Waals surface area contributed by atoms with Crippen molar-refractivity contribution in [2.75, 3.05) is 6.54 Å². The first-order chi connectivity index (χ1) is 11.9. The Hall–Kier alpha value is -2.74. The molecule has 0 radical (unpaired) electrons. The number of nitrogens with zero attached hydrogens (tertiary/aromatic N) is 1. The van der Waals surface area contributed by atoms with Gasteiger partial charge in [0.05, 0.1) is 6.42 Å². The maximum absolute atomic E-state index is 13.3. The number of imide groups is 1. The van der Waals surface area contributed by atoms with E-state index in [0.29, 0.717) is 6.42 Å². The third-order valence-electron chi connectivity index (χ3n) is 4.19. The van der Waals surface area contributed by atoms with Gasteiger partial charge in [0.15, 0.2) is 5.54 Å². The number of hydrogen-bond acceptors (Lipinski definition) is 4. The van der Waals surface area contributed by atoms with Crippen LogP contribution in [0.5, 0.6) is 0 Å². The van der Waals surface area contributed by atoms with Gasteiger partial charge in [0, 0.05) is 11.4 Å². The van der Waals surface area contributed by atoms with E-state index in [1.54, 1.807) is 0 Å². The van der Waals surface area contributed by atoms with Crippen molar-refractivity contribution in [3.8, 4) is 0 Å². The molecule has 6 nitrogen and oxygen atoms in total. The second-order valence-electron chi connectivity index (χ2n) is 5.68. The molecule has 3 rings (SSSR count). The molecular formula is C17H15FN2O4S. The van der Waals surface area contributed by atoms with Gasteiger partial charge < -0.3 is 10.0 Å². The van der Waals surface area contributed by atoms with Gasteiger partial charge in [0.25, 0.3) is 5.91 Å². The van der Waals surface area contributed by atoms with Gasteiger partial charge in [0.2, 0.25) is 0 Å². The third-order valence-corrected chi connectivity index (χ3v) is 5.13. The number of rotatable bonds is 6. The number of thiophene rings is 1. The van der Waals surface area contributed by atoms with Gasteiger partial charge in [-0.3, -0.25) is 14.9 Å². The lowest BCUT2D eigenvalue weighted by Crippen LogP contribution is -2.49. The fraction of sp³-hybridized carbons (Fsp3) is 0.235. The molecule has 2 aromatic rings. The molecule has 0 bridgehead atoms. The summed E-state index contributed by atoms with van der Waals surface area (Å²) in [7, 11) is 0. The van der Waals surface area contributed by atoms with Crippen LogP contribution >= 0.6 is 11.3 Å². The van der Waals surface area contributed by atoms with Crippen LogP contribution in [0.15, 0.2) is 41.8 Å². The number of urea groups is 1. The number of hydrogen-bond donors (Lipinski definition) is 2. The molecule has 1 aliphatic rings. The smallest absolute Gasteiger partial charge is 0.325 e. The fourth-order valence-corrected chi connectivity index (χ4v) is 3.74. The van der Waals surface area contributed by atoms with Crippen molar-refractivity contribution in [2.45, 2.75) is 18.4 Å². The van der Waals surface area contributed by atoms with Gasteiger partial charge in [0.1, 0.15) is 5.82 Å². The zero-order valence-electron chi connectivity index (χ0n) is 13.1. The van der Waals surface area contributed by atoms with Crippen LogP contribution < -0.4 is 5.32 Å². The average molecular weight is 362 g/mol. The van der Waals surface area contributed by atoms with Crippen LogP contribution in [0.1, 0.15) is 16.9 Å². The largest absolute Gasteiger partial charge is 0.481 e. The number of aliphatic carboxylic acids is 1. The molecule has 130 valence electrons. The molecule has 1 unspecified atom stereocenters. The Balaban J connectivity index is 2.01. The minimum absolute atomic E-state index is 0.169. The second-order valence-corrected chi connectivity index (χ2v) is 6.71. The first kappa shape index (κ1) is 17.1. The van der Waals surface area contributed by atoms with E-state index in [9.17, 15) is 23.9 Å². The Bertz CT molecular complexity index is 807. The van der Waals surface area contributed by atoms with Gasteiger partial charge in [-0.1, -0.05) is 18.2 Å². The van der Waals surface area contributed by atoms with Crippen LogP contribution in [0.25, 0.3) is 0 Å². The maximum Gasteiger partial charge on any atom is 0.325 e. The van der Waals surface area contributed by atoms with Crippen molar-refractivity contribution in [3.63, 3.8) is 0 Å².